The zero-order valence-electron chi connectivity index (χ0n) is 14.0. The number of benzene rings is 1. The standard InChI is InChI=1S/C19H27NO3/c1-15(21)20(13-6-4-2-3-5-10-19(22)23)18-12-11-16-8-7-9-17(16)14-18/h11-12,14H,2-10,13H2,1H3,(H,22,23). The van der Waals surface area contributed by atoms with Gasteiger partial charge in [-0.25, -0.2) is 0 Å². The van der Waals surface area contributed by atoms with Gasteiger partial charge >= 0.3 is 5.97 Å². The van der Waals surface area contributed by atoms with E-state index in [1.165, 1.54) is 17.5 Å². The van der Waals surface area contributed by atoms with Crippen LogP contribution in [0.2, 0.25) is 0 Å². The van der Waals surface area contributed by atoms with Crippen LogP contribution in [-0.2, 0) is 22.4 Å². The van der Waals surface area contributed by atoms with Gasteiger partial charge in [-0.15, -0.1) is 0 Å². The van der Waals surface area contributed by atoms with Gasteiger partial charge in [0.05, 0.1) is 0 Å². The molecule has 1 aliphatic carbocycles. The summed E-state index contributed by atoms with van der Waals surface area (Å²) in [5.74, 6) is -0.627. The van der Waals surface area contributed by atoms with Gasteiger partial charge in [0.1, 0.15) is 0 Å². The zero-order valence-corrected chi connectivity index (χ0v) is 14.0. The van der Waals surface area contributed by atoms with Crippen LogP contribution in [-0.4, -0.2) is 23.5 Å². The number of carboxylic acids is 1. The van der Waals surface area contributed by atoms with Crippen LogP contribution in [0.15, 0.2) is 18.2 Å². The molecule has 1 N–H and O–H groups in total. The molecule has 0 radical (unpaired) electrons. The fourth-order valence-electron chi connectivity index (χ4n) is 3.27. The largest absolute Gasteiger partial charge is 0.481 e. The maximum atomic E-state index is 11.9. The maximum absolute atomic E-state index is 11.9. The highest BCUT2D eigenvalue weighted by Crippen LogP contribution is 2.27. The second-order valence-corrected chi connectivity index (χ2v) is 6.39. The lowest BCUT2D eigenvalue weighted by molar-refractivity contribution is -0.137. The van der Waals surface area contributed by atoms with Crippen LogP contribution < -0.4 is 4.90 Å². The lowest BCUT2D eigenvalue weighted by Crippen LogP contribution is -2.29. The van der Waals surface area contributed by atoms with Crippen LogP contribution in [0.3, 0.4) is 0 Å². The number of aliphatic carboxylic acids is 1. The van der Waals surface area contributed by atoms with E-state index in [0.717, 1.165) is 57.2 Å². The molecule has 0 heterocycles. The van der Waals surface area contributed by atoms with E-state index in [-0.39, 0.29) is 12.3 Å². The summed E-state index contributed by atoms with van der Waals surface area (Å²) in [5.41, 5.74) is 3.84. The van der Waals surface area contributed by atoms with Crippen LogP contribution in [0.5, 0.6) is 0 Å². The first kappa shape index (κ1) is 17.5. The monoisotopic (exact) mass is 317 g/mol. The fraction of sp³-hybridized carbons (Fsp3) is 0.579. The van der Waals surface area contributed by atoms with Crippen molar-refractivity contribution in [2.75, 3.05) is 11.4 Å². The van der Waals surface area contributed by atoms with Gasteiger partial charge in [-0.2, -0.15) is 0 Å². The number of aryl methyl sites for hydroxylation is 2. The Balaban J connectivity index is 1.78. The number of amides is 1. The molecule has 0 spiro atoms. The number of carbonyl (C=O) groups excluding carboxylic acids is 1. The number of unbranched alkanes of at least 4 members (excludes halogenated alkanes) is 4. The summed E-state index contributed by atoms with van der Waals surface area (Å²) in [4.78, 5) is 24.3. The van der Waals surface area contributed by atoms with E-state index < -0.39 is 5.97 Å². The molecule has 1 aromatic rings. The number of hydrogen-bond acceptors (Lipinski definition) is 2. The molecule has 126 valence electrons. The van der Waals surface area contributed by atoms with E-state index >= 15 is 0 Å². The Bertz CT molecular complexity index is 554. The van der Waals surface area contributed by atoms with Gasteiger partial charge in [0.2, 0.25) is 5.91 Å². The van der Waals surface area contributed by atoms with Crippen molar-refractivity contribution < 1.29 is 14.7 Å². The molecule has 0 aromatic heterocycles. The number of nitrogens with zero attached hydrogens (tertiary/aromatic N) is 1. The summed E-state index contributed by atoms with van der Waals surface area (Å²) < 4.78 is 0. The molecule has 0 aliphatic heterocycles. The van der Waals surface area contributed by atoms with Crippen LogP contribution in [0.25, 0.3) is 0 Å². The second kappa shape index (κ2) is 8.70. The average Bonchev–Trinajstić information content (AvgIpc) is 2.96. The fourth-order valence-corrected chi connectivity index (χ4v) is 3.27. The van der Waals surface area contributed by atoms with Gasteiger partial charge in [0.15, 0.2) is 0 Å². The molecule has 0 unspecified atom stereocenters. The Kier molecular flexibility index (Phi) is 6.63. The highest BCUT2D eigenvalue weighted by Gasteiger charge is 2.15. The van der Waals surface area contributed by atoms with Crippen LogP contribution >= 0.6 is 0 Å². The molecule has 1 amide bonds. The Morgan fingerprint density at radius 3 is 2.48 bits per heavy atom. The molecule has 0 fully saturated rings. The van der Waals surface area contributed by atoms with Gasteiger partial charge in [0, 0.05) is 25.6 Å². The number of carboxylic acid groups (broad SMARTS) is 1. The van der Waals surface area contributed by atoms with Crippen molar-refractivity contribution in [1.29, 1.82) is 0 Å². The van der Waals surface area contributed by atoms with Crippen molar-refractivity contribution in [3.05, 3.63) is 29.3 Å². The second-order valence-electron chi connectivity index (χ2n) is 6.39. The number of carbonyl (C=O) groups is 2. The summed E-state index contributed by atoms with van der Waals surface area (Å²) in [6, 6.07) is 6.41. The van der Waals surface area contributed by atoms with Gasteiger partial charge in [0.25, 0.3) is 0 Å². The lowest BCUT2D eigenvalue weighted by atomic mass is 10.1. The molecule has 4 nitrogen and oxygen atoms in total. The predicted octanol–water partition coefficient (Wildman–Crippen LogP) is 3.95. The van der Waals surface area contributed by atoms with Crippen molar-refractivity contribution in [3.8, 4) is 0 Å². The number of rotatable bonds is 9. The molecule has 0 saturated heterocycles. The summed E-state index contributed by atoms with van der Waals surface area (Å²) >= 11 is 0. The van der Waals surface area contributed by atoms with Crippen LogP contribution in [0.4, 0.5) is 5.69 Å². The quantitative estimate of drug-likeness (QED) is 0.702. The van der Waals surface area contributed by atoms with Crippen molar-refractivity contribution in [1.82, 2.24) is 0 Å². The Hall–Kier alpha value is -1.84. The SMILES string of the molecule is CC(=O)N(CCCCCCCC(=O)O)c1ccc2c(c1)CCC2. The molecule has 0 saturated carbocycles. The smallest absolute Gasteiger partial charge is 0.303 e. The highest BCUT2D eigenvalue weighted by molar-refractivity contribution is 5.91. The summed E-state index contributed by atoms with van der Waals surface area (Å²) in [7, 11) is 0. The first-order valence-electron chi connectivity index (χ1n) is 8.69. The first-order valence-corrected chi connectivity index (χ1v) is 8.69. The van der Waals surface area contributed by atoms with Crippen LogP contribution in [0, 0.1) is 0 Å². The topological polar surface area (TPSA) is 57.6 Å². The van der Waals surface area contributed by atoms with E-state index in [1.807, 2.05) is 4.90 Å². The summed E-state index contributed by atoms with van der Waals surface area (Å²) in [6.45, 7) is 2.37. The molecule has 4 heteroatoms. The molecular weight excluding hydrogens is 290 g/mol. The Morgan fingerprint density at radius 2 is 1.74 bits per heavy atom. The van der Waals surface area contributed by atoms with Crippen molar-refractivity contribution in [3.63, 3.8) is 0 Å². The molecule has 23 heavy (non-hydrogen) atoms. The summed E-state index contributed by atoms with van der Waals surface area (Å²) in [6.07, 6.45) is 8.48. The van der Waals surface area contributed by atoms with Gasteiger partial charge in [-0.05, 0) is 55.4 Å². The van der Waals surface area contributed by atoms with Crippen molar-refractivity contribution >= 4 is 17.6 Å². The third-order valence-electron chi connectivity index (χ3n) is 4.55. The molecule has 2 rings (SSSR count). The predicted molar refractivity (Wildman–Crippen MR) is 91.8 cm³/mol. The van der Waals surface area contributed by atoms with E-state index in [1.54, 1.807) is 6.92 Å². The minimum atomic E-state index is -0.718. The van der Waals surface area contributed by atoms with E-state index in [4.69, 9.17) is 5.11 Å². The van der Waals surface area contributed by atoms with Gasteiger partial charge in [-0.3, -0.25) is 9.59 Å². The minimum Gasteiger partial charge on any atom is -0.481 e. The van der Waals surface area contributed by atoms with E-state index in [0.29, 0.717) is 0 Å². The maximum Gasteiger partial charge on any atom is 0.303 e. The Labute approximate surface area is 138 Å². The Morgan fingerprint density at radius 1 is 1.04 bits per heavy atom. The molecule has 0 bridgehead atoms. The third kappa shape index (κ3) is 5.38. The van der Waals surface area contributed by atoms with E-state index in [9.17, 15) is 9.59 Å². The van der Waals surface area contributed by atoms with Crippen molar-refractivity contribution in [2.45, 2.75) is 64.7 Å². The normalized spacial score (nSPS) is 12.9. The molecule has 1 aliphatic rings. The van der Waals surface area contributed by atoms with Crippen molar-refractivity contribution in [2.24, 2.45) is 0 Å². The number of anilines is 1. The van der Waals surface area contributed by atoms with Gasteiger partial charge in [-0.1, -0.05) is 25.3 Å². The highest BCUT2D eigenvalue weighted by atomic mass is 16.4. The minimum absolute atomic E-state index is 0.0915. The van der Waals surface area contributed by atoms with Gasteiger partial charge < -0.3 is 10.0 Å². The molecular formula is C19H27NO3. The molecule has 0 atom stereocenters. The number of hydrogen-bond donors (Lipinski definition) is 1. The first-order chi connectivity index (χ1) is 11.1. The number of fused-ring (bicyclic) bond motifs is 1. The molecule has 1 aromatic carbocycles. The average molecular weight is 317 g/mol. The van der Waals surface area contributed by atoms with E-state index in [2.05, 4.69) is 18.2 Å². The zero-order chi connectivity index (χ0) is 16.7. The third-order valence-corrected chi connectivity index (χ3v) is 4.55. The lowest BCUT2D eigenvalue weighted by Gasteiger charge is -2.22. The van der Waals surface area contributed by atoms with Crippen LogP contribution in [0.1, 0.15) is 63.0 Å². The summed E-state index contributed by atoms with van der Waals surface area (Å²) in [5, 5.41) is 8.60.